The van der Waals surface area contributed by atoms with E-state index < -0.39 is 0 Å². The number of rotatable bonds is 4. The Morgan fingerprint density at radius 3 is 2.71 bits per heavy atom. The van der Waals surface area contributed by atoms with Crippen molar-refractivity contribution in [2.24, 2.45) is 5.92 Å². The lowest BCUT2D eigenvalue weighted by atomic mass is 9.89. The van der Waals surface area contributed by atoms with Gasteiger partial charge in [-0.3, -0.25) is 14.2 Å². The number of carbonyl (C=O) groups is 2. The van der Waals surface area contributed by atoms with Crippen LogP contribution >= 0.6 is 11.8 Å². The number of nitrogens with zero attached hydrogens (tertiary/aromatic N) is 3. The second-order valence-electron chi connectivity index (χ2n) is 6.82. The predicted octanol–water partition coefficient (Wildman–Crippen LogP) is 2.92. The smallest absolute Gasteiger partial charge is 0.254 e. The Morgan fingerprint density at radius 2 is 1.96 bits per heavy atom. The van der Waals surface area contributed by atoms with Crippen LogP contribution in [0.2, 0.25) is 0 Å². The fourth-order valence-corrected chi connectivity index (χ4v) is 3.97. The second-order valence-corrected chi connectivity index (χ2v) is 7.70. The van der Waals surface area contributed by atoms with Gasteiger partial charge in [0.25, 0.3) is 5.91 Å². The van der Waals surface area contributed by atoms with E-state index in [1.54, 1.807) is 28.8 Å². The van der Waals surface area contributed by atoms with Crippen molar-refractivity contribution in [3.05, 3.63) is 58.8 Å². The Bertz CT molecular complexity index is 1030. The lowest BCUT2D eigenvalue weighted by Gasteiger charge is -2.32. The number of hydrogen-bond donors (Lipinski definition) is 0. The zero-order chi connectivity index (χ0) is 19.7. The number of piperidine rings is 1. The van der Waals surface area contributed by atoms with E-state index in [4.69, 9.17) is 0 Å². The summed E-state index contributed by atoms with van der Waals surface area (Å²) in [5.41, 5.74) is 1.72. The molecule has 28 heavy (non-hydrogen) atoms. The van der Waals surface area contributed by atoms with Crippen molar-refractivity contribution in [2.75, 3.05) is 19.3 Å². The highest BCUT2D eigenvalue weighted by Crippen LogP contribution is 2.24. The highest BCUT2D eigenvalue weighted by atomic mass is 32.2. The number of carbonyl (C=O) groups excluding carboxylic acids is 2. The molecule has 144 valence electrons. The van der Waals surface area contributed by atoms with Crippen LogP contribution < -0.4 is 4.90 Å². The van der Waals surface area contributed by atoms with E-state index in [0.717, 1.165) is 17.7 Å². The molecule has 3 aromatic rings. The molecule has 0 saturated carbocycles. The number of benzene rings is 2. The number of amides is 1. The standard InChI is InChI=1S/C20H19N3O4S/c1-28-16-7-4-13(5-8-16)19(24)15-3-2-10-22(12-15)20(25)14-6-9-18-17(11-14)21-27-23(18)26/h4-9,11,15H,2-3,10,12H2,1H3. The molecule has 4 rings (SSSR count). The maximum Gasteiger partial charge on any atom is 0.254 e. The molecule has 1 aliphatic rings. The Kier molecular flexibility index (Phi) is 5.04. The molecule has 1 aromatic heterocycles. The van der Waals surface area contributed by atoms with Crippen LogP contribution in [0.5, 0.6) is 0 Å². The zero-order valence-electron chi connectivity index (χ0n) is 15.3. The average Bonchev–Trinajstić information content (AvgIpc) is 3.13. The van der Waals surface area contributed by atoms with Crippen LogP contribution in [0.15, 0.2) is 52.0 Å². The summed E-state index contributed by atoms with van der Waals surface area (Å²) in [5.74, 6) is -0.306. The van der Waals surface area contributed by atoms with E-state index >= 15 is 0 Å². The van der Waals surface area contributed by atoms with Crippen LogP contribution in [-0.2, 0) is 0 Å². The number of Topliss-reactive ketones (excluding diaryl/α,β-unsaturated/α-hetero) is 1. The summed E-state index contributed by atoms with van der Waals surface area (Å²) in [7, 11) is 0. The number of hydrogen-bond acceptors (Lipinski definition) is 6. The van der Waals surface area contributed by atoms with Crippen LogP contribution in [0.4, 0.5) is 0 Å². The molecule has 1 saturated heterocycles. The first-order chi connectivity index (χ1) is 13.6. The average molecular weight is 397 g/mol. The summed E-state index contributed by atoms with van der Waals surface area (Å²) in [6, 6.07) is 12.2. The first-order valence-electron chi connectivity index (χ1n) is 9.04. The van der Waals surface area contributed by atoms with Gasteiger partial charge < -0.3 is 10.1 Å². The Morgan fingerprint density at radius 1 is 1.21 bits per heavy atom. The van der Waals surface area contributed by atoms with Gasteiger partial charge in [0, 0.05) is 46.3 Å². The van der Waals surface area contributed by atoms with Crippen molar-refractivity contribution >= 4 is 34.5 Å². The third-order valence-corrected chi connectivity index (χ3v) is 5.83. The van der Waals surface area contributed by atoms with E-state index in [9.17, 15) is 14.8 Å². The molecule has 0 radical (unpaired) electrons. The van der Waals surface area contributed by atoms with Crippen molar-refractivity contribution in [3.8, 4) is 0 Å². The fourth-order valence-electron chi connectivity index (χ4n) is 3.56. The van der Waals surface area contributed by atoms with Gasteiger partial charge >= 0.3 is 0 Å². The molecule has 1 unspecified atom stereocenters. The largest absolute Gasteiger partial charge is 0.359 e. The minimum Gasteiger partial charge on any atom is -0.359 e. The minimum atomic E-state index is -0.211. The highest BCUT2D eigenvalue weighted by Gasteiger charge is 2.30. The van der Waals surface area contributed by atoms with Crippen molar-refractivity contribution in [1.82, 2.24) is 10.1 Å². The molecule has 1 atom stereocenters. The van der Waals surface area contributed by atoms with Crippen molar-refractivity contribution in [3.63, 3.8) is 0 Å². The van der Waals surface area contributed by atoms with Gasteiger partial charge in [-0.05, 0) is 48.3 Å². The number of fused-ring (bicyclic) bond motifs is 1. The van der Waals surface area contributed by atoms with Crippen LogP contribution in [0.3, 0.4) is 0 Å². The zero-order valence-corrected chi connectivity index (χ0v) is 16.1. The van der Waals surface area contributed by atoms with Crippen molar-refractivity contribution in [1.29, 1.82) is 0 Å². The summed E-state index contributed by atoms with van der Waals surface area (Å²) >= 11 is 1.63. The predicted molar refractivity (Wildman–Crippen MR) is 104 cm³/mol. The van der Waals surface area contributed by atoms with Crippen LogP contribution in [-0.4, -0.2) is 41.1 Å². The van der Waals surface area contributed by atoms with Crippen LogP contribution in [0.1, 0.15) is 33.6 Å². The van der Waals surface area contributed by atoms with Crippen molar-refractivity contribution in [2.45, 2.75) is 17.7 Å². The molecule has 1 amide bonds. The number of thioether (sulfide) groups is 1. The first-order valence-corrected chi connectivity index (χ1v) is 10.3. The van der Waals surface area contributed by atoms with E-state index in [0.29, 0.717) is 34.6 Å². The molecule has 0 spiro atoms. The lowest BCUT2D eigenvalue weighted by Crippen LogP contribution is -2.42. The van der Waals surface area contributed by atoms with E-state index in [2.05, 4.69) is 9.79 Å². The summed E-state index contributed by atoms with van der Waals surface area (Å²) in [4.78, 5) is 28.9. The molecule has 1 fully saturated rings. The Labute approximate surface area is 165 Å². The van der Waals surface area contributed by atoms with Gasteiger partial charge in [0.15, 0.2) is 5.78 Å². The maximum absolute atomic E-state index is 12.9. The maximum atomic E-state index is 12.9. The van der Waals surface area contributed by atoms with E-state index in [1.165, 1.54) is 6.07 Å². The van der Waals surface area contributed by atoms with Gasteiger partial charge in [0.2, 0.25) is 11.0 Å². The summed E-state index contributed by atoms with van der Waals surface area (Å²) in [5, 5.41) is 15.1. The Hall–Kier alpha value is -2.87. The molecular formula is C20H19N3O4S. The molecular weight excluding hydrogens is 378 g/mol. The molecule has 1 aliphatic heterocycles. The summed E-state index contributed by atoms with van der Waals surface area (Å²) < 4.78 is 4.55. The van der Waals surface area contributed by atoms with Gasteiger partial charge in [-0.15, -0.1) is 11.8 Å². The van der Waals surface area contributed by atoms with Gasteiger partial charge in [-0.1, -0.05) is 12.1 Å². The van der Waals surface area contributed by atoms with E-state index in [1.807, 2.05) is 30.5 Å². The van der Waals surface area contributed by atoms with Gasteiger partial charge in [0.1, 0.15) is 0 Å². The SMILES string of the molecule is CSc1ccc(C(=O)C2CCCN(C(=O)c3ccc4c(c3)no[n+]4[O-])C2)cc1. The monoisotopic (exact) mass is 397 g/mol. The third-order valence-electron chi connectivity index (χ3n) is 5.09. The molecule has 2 aromatic carbocycles. The van der Waals surface area contributed by atoms with Crippen LogP contribution in [0, 0.1) is 11.1 Å². The summed E-state index contributed by atoms with van der Waals surface area (Å²) in [6.45, 7) is 0.993. The quantitative estimate of drug-likeness (QED) is 0.382. The minimum absolute atomic E-state index is 0.0736. The fraction of sp³-hybridized carbons (Fsp3) is 0.300. The van der Waals surface area contributed by atoms with Gasteiger partial charge in [-0.25, -0.2) is 0 Å². The highest BCUT2D eigenvalue weighted by molar-refractivity contribution is 7.98. The number of aromatic nitrogens is 2. The Balaban J connectivity index is 1.50. The number of likely N-dealkylation sites (tertiary alicyclic amines) is 1. The summed E-state index contributed by atoms with van der Waals surface area (Å²) in [6.07, 6.45) is 3.54. The molecule has 0 N–H and O–H groups in total. The molecule has 0 bridgehead atoms. The van der Waals surface area contributed by atoms with Gasteiger partial charge in [0.05, 0.1) is 0 Å². The van der Waals surface area contributed by atoms with Crippen LogP contribution in [0.25, 0.3) is 11.0 Å². The molecule has 0 aliphatic carbocycles. The first kappa shape index (κ1) is 18.5. The van der Waals surface area contributed by atoms with E-state index in [-0.39, 0.29) is 23.1 Å². The molecule has 8 heteroatoms. The lowest BCUT2D eigenvalue weighted by molar-refractivity contribution is -0.782. The third kappa shape index (κ3) is 3.47. The topological polar surface area (TPSA) is 90.4 Å². The van der Waals surface area contributed by atoms with Crippen molar-refractivity contribution < 1.29 is 19.1 Å². The molecule has 2 heterocycles. The normalized spacial score (nSPS) is 17.0. The molecule has 7 nitrogen and oxygen atoms in total. The van der Waals surface area contributed by atoms with Gasteiger partial charge in [-0.2, -0.15) is 0 Å². The number of ketones is 1. The second kappa shape index (κ2) is 7.63.